The van der Waals surface area contributed by atoms with Crippen LogP contribution in [0.15, 0.2) is 12.1 Å². The number of carbonyl (C=O) groups is 1. The van der Waals surface area contributed by atoms with Crippen LogP contribution in [0.2, 0.25) is 0 Å². The highest BCUT2D eigenvalue weighted by molar-refractivity contribution is 5.98. The molecule has 1 aliphatic heterocycles. The SMILES string of the molecule is Cc1ccc(C(=O)C2CCC([C@@H]3CCC(C)OC3)CC2)c(F)c1F. The molecule has 0 spiro atoms. The molecule has 0 N–H and O–H groups in total. The second-order valence-corrected chi connectivity index (χ2v) is 7.52. The standard InChI is InChI=1S/C20H26F2O2/c1-12-3-10-17(19(22)18(12)21)20(23)15-8-6-14(7-9-15)16-5-4-13(2)24-11-16/h3,10,13-16H,4-9,11H2,1-2H3/t13?,14?,15?,16-/m1/s1. The summed E-state index contributed by atoms with van der Waals surface area (Å²) in [5.74, 6) is -1.12. The minimum absolute atomic E-state index is 0.0867. The fourth-order valence-corrected chi connectivity index (χ4v) is 4.18. The number of rotatable bonds is 3. The van der Waals surface area contributed by atoms with Crippen molar-refractivity contribution in [1.29, 1.82) is 0 Å². The normalized spacial score (nSPS) is 31.0. The van der Waals surface area contributed by atoms with E-state index in [1.807, 2.05) is 0 Å². The van der Waals surface area contributed by atoms with Crippen molar-refractivity contribution >= 4 is 5.78 Å². The molecule has 2 aliphatic rings. The molecule has 1 aliphatic carbocycles. The smallest absolute Gasteiger partial charge is 0.169 e. The Balaban J connectivity index is 1.60. The first-order chi connectivity index (χ1) is 11.5. The van der Waals surface area contributed by atoms with Crippen LogP contribution >= 0.6 is 0 Å². The number of ether oxygens (including phenoxy) is 1. The fraction of sp³-hybridized carbons (Fsp3) is 0.650. The lowest BCUT2D eigenvalue weighted by molar-refractivity contribution is -0.0290. The maximum atomic E-state index is 14.1. The largest absolute Gasteiger partial charge is 0.378 e. The third-order valence-electron chi connectivity index (χ3n) is 5.89. The first-order valence-electron chi connectivity index (χ1n) is 9.07. The summed E-state index contributed by atoms with van der Waals surface area (Å²) in [6.07, 6.45) is 6.16. The topological polar surface area (TPSA) is 26.3 Å². The van der Waals surface area contributed by atoms with Gasteiger partial charge in [0, 0.05) is 5.92 Å². The number of halogens is 2. The van der Waals surface area contributed by atoms with Gasteiger partial charge in [-0.25, -0.2) is 8.78 Å². The number of carbonyl (C=O) groups excluding carboxylic acids is 1. The third kappa shape index (κ3) is 3.53. The number of hydrogen-bond donors (Lipinski definition) is 0. The monoisotopic (exact) mass is 336 g/mol. The zero-order valence-electron chi connectivity index (χ0n) is 14.5. The first-order valence-corrected chi connectivity index (χ1v) is 9.07. The Kier molecular flexibility index (Phi) is 5.33. The van der Waals surface area contributed by atoms with Gasteiger partial charge in [-0.3, -0.25) is 4.79 Å². The molecular weight excluding hydrogens is 310 g/mol. The highest BCUT2D eigenvalue weighted by Gasteiger charge is 2.33. The maximum absolute atomic E-state index is 14.1. The van der Waals surface area contributed by atoms with Crippen LogP contribution in [0.4, 0.5) is 8.78 Å². The summed E-state index contributed by atoms with van der Waals surface area (Å²) in [6, 6.07) is 2.91. The Morgan fingerprint density at radius 2 is 1.67 bits per heavy atom. The van der Waals surface area contributed by atoms with E-state index in [1.54, 1.807) is 0 Å². The summed E-state index contributed by atoms with van der Waals surface area (Å²) in [4.78, 5) is 12.6. The van der Waals surface area contributed by atoms with Crippen molar-refractivity contribution in [3.8, 4) is 0 Å². The van der Waals surface area contributed by atoms with Gasteiger partial charge in [0.2, 0.25) is 0 Å². The van der Waals surface area contributed by atoms with E-state index >= 15 is 0 Å². The van der Waals surface area contributed by atoms with E-state index < -0.39 is 11.6 Å². The average molecular weight is 336 g/mol. The zero-order valence-corrected chi connectivity index (χ0v) is 14.5. The molecule has 1 aromatic rings. The van der Waals surface area contributed by atoms with Crippen molar-refractivity contribution in [3.63, 3.8) is 0 Å². The van der Waals surface area contributed by atoms with Crippen molar-refractivity contribution in [2.75, 3.05) is 6.61 Å². The van der Waals surface area contributed by atoms with Gasteiger partial charge in [-0.05, 0) is 75.8 Å². The van der Waals surface area contributed by atoms with Gasteiger partial charge in [0.25, 0.3) is 0 Å². The third-order valence-corrected chi connectivity index (χ3v) is 5.89. The van der Waals surface area contributed by atoms with Gasteiger partial charge in [-0.2, -0.15) is 0 Å². The van der Waals surface area contributed by atoms with Gasteiger partial charge in [0.15, 0.2) is 17.4 Å². The minimum atomic E-state index is -0.989. The van der Waals surface area contributed by atoms with Crippen molar-refractivity contribution in [2.24, 2.45) is 17.8 Å². The molecule has 0 amide bonds. The Labute approximate surface area is 142 Å². The summed E-state index contributed by atoms with van der Waals surface area (Å²) >= 11 is 0. The quantitative estimate of drug-likeness (QED) is 0.720. The number of benzene rings is 1. The lowest BCUT2D eigenvalue weighted by Gasteiger charge is -2.36. The van der Waals surface area contributed by atoms with E-state index in [0.717, 1.165) is 38.7 Å². The predicted molar refractivity (Wildman–Crippen MR) is 89.0 cm³/mol. The molecule has 4 heteroatoms. The summed E-state index contributed by atoms with van der Waals surface area (Å²) in [6.45, 7) is 4.44. The van der Waals surface area contributed by atoms with Crippen molar-refractivity contribution in [2.45, 2.75) is 58.5 Å². The van der Waals surface area contributed by atoms with Crippen LogP contribution in [-0.4, -0.2) is 18.5 Å². The Hall–Kier alpha value is -1.29. The molecule has 2 fully saturated rings. The summed E-state index contributed by atoms with van der Waals surface area (Å²) in [5.41, 5.74) is 0.149. The Morgan fingerprint density at radius 3 is 2.29 bits per heavy atom. The van der Waals surface area contributed by atoms with Crippen LogP contribution in [0.3, 0.4) is 0 Å². The van der Waals surface area contributed by atoms with Crippen LogP contribution in [0.1, 0.15) is 61.4 Å². The van der Waals surface area contributed by atoms with Crippen molar-refractivity contribution in [3.05, 3.63) is 34.9 Å². The molecule has 0 bridgehead atoms. The predicted octanol–water partition coefficient (Wildman–Crippen LogP) is 5.08. The Bertz CT molecular complexity index is 598. The molecule has 1 aromatic carbocycles. The van der Waals surface area contributed by atoms with Crippen molar-refractivity contribution in [1.82, 2.24) is 0 Å². The van der Waals surface area contributed by atoms with E-state index in [-0.39, 0.29) is 22.8 Å². The molecule has 132 valence electrons. The first kappa shape index (κ1) is 17.5. The second-order valence-electron chi connectivity index (χ2n) is 7.52. The maximum Gasteiger partial charge on any atom is 0.169 e. The lowest BCUT2D eigenvalue weighted by Crippen LogP contribution is -2.32. The summed E-state index contributed by atoms with van der Waals surface area (Å²) in [7, 11) is 0. The fourth-order valence-electron chi connectivity index (χ4n) is 4.18. The molecule has 0 aromatic heterocycles. The van der Waals surface area contributed by atoms with E-state index in [9.17, 15) is 13.6 Å². The molecule has 1 saturated carbocycles. The molecule has 0 radical (unpaired) electrons. The van der Waals surface area contributed by atoms with E-state index in [0.29, 0.717) is 17.9 Å². The van der Waals surface area contributed by atoms with Gasteiger partial charge < -0.3 is 4.74 Å². The van der Waals surface area contributed by atoms with Crippen LogP contribution in [-0.2, 0) is 4.74 Å². The average Bonchev–Trinajstić information content (AvgIpc) is 2.60. The lowest BCUT2D eigenvalue weighted by atomic mass is 9.72. The van der Waals surface area contributed by atoms with E-state index in [4.69, 9.17) is 4.74 Å². The van der Waals surface area contributed by atoms with E-state index in [2.05, 4.69) is 6.92 Å². The van der Waals surface area contributed by atoms with Crippen molar-refractivity contribution < 1.29 is 18.3 Å². The van der Waals surface area contributed by atoms with E-state index in [1.165, 1.54) is 25.5 Å². The van der Waals surface area contributed by atoms with Crippen LogP contribution in [0, 0.1) is 36.3 Å². The number of aryl methyl sites for hydroxylation is 1. The van der Waals surface area contributed by atoms with Gasteiger partial charge in [-0.15, -0.1) is 0 Å². The molecule has 24 heavy (non-hydrogen) atoms. The van der Waals surface area contributed by atoms with Crippen LogP contribution in [0.5, 0.6) is 0 Å². The molecule has 2 nitrogen and oxygen atoms in total. The molecule has 1 saturated heterocycles. The number of ketones is 1. The zero-order chi connectivity index (χ0) is 17.3. The molecular formula is C20H26F2O2. The van der Waals surface area contributed by atoms with Gasteiger partial charge in [0.1, 0.15) is 0 Å². The molecule has 2 atom stereocenters. The highest BCUT2D eigenvalue weighted by Crippen LogP contribution is 2.38. The Morgan fingerprint density at radius 1 is 1.00 bits per heavy atom. The molecule has 3 rings (SSSR count). The number of Topliss-reactive ketones (excluding diaryl/α,β-unsaturated/α-hetero) is 1. The molecule has 1 heterocycles. The number of hydrogen-bond acceptors (Lipinski definition) is 2. The summed E-state index contributed by atoms with van der Waals surface area (Å²) in [5, 5.41) is 0. The second kappa shape index (κ2) is 7.30. The minimum Gasteiger partial charge on any atom is -0.378 e. The van der Waals surface area contributed by atoms with Gasteiger partial charge >= 0.3 is 0 Å². The van der Waals surface area contributed by atoms with Crippen LogP contribution < -0.4 is 0 Å². The summed E-state index contributed by atoms with van der Waals surface area (Å²) < 4.78 is 33.5. The highest BCUT2D eigenvalue weighted by atomic mass is 19.2. The van der Waals surface area contributed by atoms with Crippen LogP contribution in [0.25, 0.3) is 0 Å². The van der Waals surface area contributed by atoms with Gasteiger partial charge in [-0.1, -0.05) is 6.07 Å². The van der Waals surface area contributed by atoms with Gasteiger partial charge in [0.05, 0.1) is 18.3 Å². The molecule has 1 unspecified atom stereocenters.